The van der Waals surface area contributed by atoms with E-state index in [1.165, 1.54) is 6.07 Å². The van der Waals surface area contributed by atoms with Crippen LogP contribution in [-0.4, -0.2) is 32.6 Å². The lowest BCUT2D eigenvalue weighted by Crippen LogP contribution is -2.36. The number of para-hydroxylation sites is 1. The third-order valence-electron chi connectivity index (χ3n) is 2.99. The first kappa shape index (κ1) is 11.9. The molecule has 1 amide bonds. The second kappa shape index (κ2) is 4.71. The van der Waals surface area contributed by atoms with Crippen LogP contribution in [0.1, 0.15) is 6.42 Å². The molecule has 0 aliphatic carbocycles. The molecule has 0 fully saturated rings. The molecule has 0 bridgehead atoms. The highest BCUT2D eigenvalue weighted by Gasteiger charge is 2.24. The van der Waals surface area contributed by atoms with Gasteiger partial charge in [-0.2, -0.15) is 0 Å². The fraction of sp³-hybridized carbons (Fsp3) is 0.417. The maximum atomic E-state index is 13.8. The van der Waals surface area contributed by atoms with Gasteiger partial charge in [0.2, 0.25) is 5.91 Å². The number of nitrogens with two attached hydrogens (primary N) is 1. The SMILES string of the molecule is CN1CCCN(C(=O)CN)c2cccc(F)c21. The van der Waals surface area contributed by atoms with Gasteiger partial charge in [0.1, 0.15) is 5.82 Å². The Bertz CT molecular complexity index is 436. The van der Waals surface area contributed by atoms with Crippen LogP contribution in [-0.2, 0) is 4.79 Å². The van der Waals surface area contributed by atoms with E-state index < -0.39 is 0 Å². The van der Waals surface area contributed by atoms with Gasteiger partial charge in [0.25, 0.3) is 0 Å². The summed E-state index contributed by atoms with van der Waals surface area (Å²) in [6.45, 7) is 1.25. The molecule has 17 heavy (non-hydrogen) atoms. The van der Waals surface area contributed by atoms with Crippen LogP contribution < -0.4 is 15.5 Å². The molecular formula is C12H16FN3O. The number of amides is 1. The maximum absolute atomic E-state index is 13.8. The number of hydrogen-bond donors (Lipinski definition) is 1. The van der Waals surface area contributed by atoms with Gasteiger partial charge in [0.15, 0.2) is 0 Å². The van der Waals surface area contributed by atoms with Crippen LogP contribution in [0.4, 0.5) is 15.8 Å². The van der Waals surface area contributed by atoms with Gasteiger partial charge in [-0.1, -0.05) is 6.07 Å². The van der Waals surface area contributed by atoms with E-state index in [-0.39, 0.29) is 18.3 Å². The average Bonchev–Trinajstić information content (AvgIpc) is 2.49. The van der Waals surface area contributed by atoms with Crippen LogP contribution in [0.15, 0.2) is 18.2 Å². The summed E-state index contributed by atoms with van der Waals surface area (Å²) in [6, 6.07) is 4.78. The molecule has 1 aromatic carbocycles. The molecule has 2 rings (SSSR count). The van der Waals surface area contributed by atoms with Crippen LogP contribution in [0.5, 0.6) is 0 Å². The van der Waals surface area contributed by atoms with Gasteiger partial charge in [-0.15, -0.1) is 0 Å². The zero-order valence-corrected chi connectivity index (χ0v) is 9.82. The lowest BCUT2D eigenvalue weighted by Gasteiger charge is -2.24. The van der Waals surface area contributed by atoms with Gasteiger partial charge in [-0.05, 0) is 18.6 Å². The minimum Gasteiger partial charge on any atom is -0.370 e. The molecule has 5 heteroatoms. The number of anilines is 2. The number of fused-ring (bicyclic) bond motifs is 1. The van der Waals surface area contributed by atoms with Crippen molar-refractivity contribution >= 4 is 17.3 Å². The number of nitrogens with zero attached hydrogens (tertiary/aromatic N) is 2. The Morgan fingerprint density at radius 1 is 1.47 bits per heavy atom. The molecule has 0 radical (unpaired) electrons. The third kappa shape index (κ3) is 2.10. The van der Waals surface area contributed by atoms with Gasteiger partial charge in [-0.3, -0.25) is 4.79 Å². The van der Waals surface area contributed by atoms with Crippen molar-refractivity contribution in [1.29, 1.82) is 0 Å². The molecule has 0 unspecified atom stereocenters. The average molecular weight is 237 g/mol. The maximum Gasteiger partial charge on any atom is 0.240 e. The monoisotopic (exact) mass is 237 g/mol. The lowest BCUT2D eigenvalue weighted by molar-refractivity contribution is -0.117. The highest BCUT2D eigenvalue weighted by Crippen LogP contribution is 2.33. The zero-order chi connectivity index (χ0) is 12.4. The molecule has 2 N–H and O–H groups in total. The molecule has 0 atom stereocenters. The summed E-state index contributed by atoms with van der Waals surface area (Å²) >= 11 is 0. The normalized spacial score (nSPS) is 15.5. The van der Waals surface area contributed by atoms with Crippen molar-refractivity contribution in [3.8, 4) is 0 Å². The van der Waals surface area contributed by atoms with Gasteiger partial charge >= 0.3 is 0 Å². The number of carbonyl (C=O) groups is 1. The summed E-state index contributed by atoms with van der Waals surface area (Å²) in [6.07, 6.45) is 0.802. The van der Waals surface area contributed by atoms with E-state index in [2.05, 4.69) is 0 Å². The van der Waals surface area contributed by atoms with E-state index in [1.54, 1.807) is 17.0 Å². The summed E-state index contributed by atoms with van der Waals surface area (Å²) in [4.78, 5) is 15.2. The highest BCUT2D eigenvalue weighted by atomic mass is 19.1. The number of benzene rings is 1. The van der Waals surface area contributed by atoms with E-state index in [0.29, 0.717) is 17.9 Å². The number of rotatable bonds is 1. The van der Waals surface area contributed by atoms with E-state index in [4.69, 9.17) is 5.73 Å². The van der Waals surface area contributed by atoms with Crippen LogP contribution in [0.3, 0.4) is 0 Å². The Balaban J connectivity index is 2.51. The van der Waals surface area contributed by atoms with Crippen molar-refractivity contribution in [2.24, 2.45) is 5.73 Å². The van der Waals surface area contributed by atoms with Gasteiger partial charge in [-0.25, -0.2) is 4.39 Å². The van der Waals surface area contributed by atoms with Gasteiger partial charge in [0, 0.05) is 20.1 Å². The number of hydrogen-bond acceptors (Lipinski definition) is 3. The Kier molecular flexibility index (Phi) is 3.28. The Hall–Kier alpha value is -1.62. The molecule has 4 nitrogen and oxygen atoms in total. The second-order valence-corrected chi connectivity index (χ2v) is 4.13. The molecular weight excluding hydrogens is 221 g/mol. The van der Waals surface area contributed by atoms with E-state index in [1.807, 2.05) is 11.9 Å². The summed E-state index contributed by atoms with van der Waals surface area (Å²) < 4.78 is 13.8. The first-order valence-electron chi connectivity index (χ1n) is 5.65. The molecule has 92 valence electrons. The van der Waals surface area contributed by atoms with Crippen LogP contribution >= 0.6 is 0 Å². The van der Waals surface area contributed by atoms with Gasteiger partial charge in [0.05, 0.1) is 17.9 Å². The van der Waals surface area contributed by atoms with E-state index >= 15 is 0 Å². The molecule has 1 aliphatic heterocycles. The Morgan fingerprint density at radius 2 is 2.24 bits per heavy atom. The predicted octanol–water partition coefficient (Wildman–Crippen LogP) is 0.957. The predicted molar refractivity (Wildman–Crippen MR) is 65.7 cm³/mol. The van der Waals surface area contributed by atoms with Crippen molar-refractivity contribution in [2.75, 3.05) is 36.5 Å². The van der Waals surface area contributed by atoms with Gasteiger partial charge < -0.3 is 15.5 Å². The smallest absolute Gasteiger partial charge is 0.240 e. The molecule has 0 saturated carbocycles. The number of carbonyl (C=O) groups excluding carboxylic acids is 1. The van der Waals surface area contributed by atoms with E-state index in [9.17, 15) is 9.18 Å². The zero-order valence-electron chi connectivity index (χ0n) is 9.82. The Morgan fingerprint density at radius 3 is 2.94 bits per heavy atom. The second-order valence-electron chi connectivity index (χ2n) is 4.13. The topological polar surface area (TPSA) is 49.6 Å². The van der Waals surface area contributed by atoms with Crippen molar-refractivity contribution < 1.29 is 9.18 Å². The summed E-state index contributed by atoms with van der Waals surface area (Å²) in [5.74, 6) is -0.478. The summed E-state index contributed by atoms with van der Waals surface area (Å²) in [5, 5.41) is 0. The minimum atomic E-state index is -0.304. The number of halogens is 1. The van der Waals surface area contributed by atoms with Crippen LogP contribution in [0.25, 0.3) is 0 Å². The highest BCUT2D eigenvalue weighted by molar-refractivity contribution is 5.98. The van der Waals surface area contributed by atoms with Crippen LogP contribution in [0, 0.1) is 5.82 Å². The molecule has 1 heterocycles. The third-order valence-corrected chi connectivity index (χ3v) is 2.99. The molecule has 1 aromatic rings. The Labute approximate surface area is 99.8 Å². The summed E-state index contributed by atoms with van der Waals surface area (Å²) in [5.41, 5.74) is 6.48. The quantitative estimate of drug-likeness (QED) is 0.791. The lowest BCUT2D eigenvalue weighted by atomic mass is 10.2. The molecule has 1 aliphatic rings. The van der Waals surface area contributed by atoms with E-state index in [0.717, 1.165) is 13.0 Å². The van der Waals surface area contributed by atoms with Crippen molar-refractivity contribution in [2.45, 2.75) is 6.42 Å². The minimum absolute atomic E-state index is 0.0559. The first-order chi connectivity index (χ1) is 8.15. The fourth-order valence-electron chi connectivity index (χ4n) is 2.17. The van der Waals surface area contributed by atoms with Crippen LogP contribution in [0.2, 0.25) is 0 Å². The molecule has 0 aromatic heterocycles. The first-order valence-corrected chi connectivity index (χ1v) is 5.65. The standard InChI is InChI=1S/C12H16FN3O/c1-15-6-3-7-16(11(17)8-14)10-5-2-4-9(13)12(10)15/h2,4-5H,3,6-8,14H2,1H3. The van der Waals surface area contributed by atoms with Crippen molar-refractivity contribution in [3.05, 3.63) is 24.0 Å². The molecule has 0 spiro atoms. The molecule has 0 saturated heterocycles. The fourth-order valence-corrected chi connectivity index (χ4v) is 2.17. The largest absolute Gasteiger partial charge is 0.370 e. The summed E-state index contributed by atoms with van der Waals surface area (Å²) in [7, 11) is 1.83. The van der Waals surface area contributed by atoms with Crippen molar-refractivity contribution in [1.82, 2.24) is 0 Å². The van der Waals surface area contributed by atoms with Crippen molar-refractivity contribution in [3.63, 3.8) is 0 Å².